The van der Waals surface area contributed by atoms with Gasteiger partial charge in [0.25, 0.3) is 0 Å². The molecule has 0 fully saturated rings. The van der Waals surface area contributed by atoms with Crippen molar-refractivity contribution in [1.82, 2.24) is 10.3 Å². The van der Waals surface area contributed by atoms with Crippen LogP contribution in [0.3, 0.4) is 0 Å². The third kappa shape index (κ3) is 5.53. The van der Waals surface area contributed by atoms with E-state index in [1.54, 1.807) is 36.4 Å². The van der Waals surface area contributed by atoms with E-state index >= 15 is 0 Å². The van der Waals surface area contributed by atoms with Gasteiger partial charge >= 0.3 is 5.97 Å². The van der Waals surface area contributed by atoms with E-state index in [2.05, 4.69) is 10.3 Å². The normalized spacial score (nSPS) is 11.3. The number of aliphatic carboxylic acids is 1. The zero-order chi connectivity index (χ0) is 19.8. The summed E-state index contributed by atoms with van der Waals surface area (Å²) < 4.78 is 10.1. The van der Waals surface area contributed by atoms with Gasteiger partial charge in [0.05, 0.1) is 20.6 Å². The Morgan fingerprint density at radius 1 is 1.04 bits per heavy atom. The Hall–Kier alpha value is -3.42. The third-order valence-corrected chi connectivity index (χ3v) is 3.81. The van der Waals surface area contributed by atoms with Crippen molar-refractivity contribution in [3.8, 4) is 11.6 Å². The number of amides is 1. The first-order valence-corrected chi connectivity index (χ1v) is 8.14. The molecule has 0 saturated carbocycles. The molecular formula is C19H20N2O6. The van der Waals surface area contributed by atoms with E-state index in [1.807, 2.05) is 0 Å². The Morgan fingerprint density at radius 2 is 1.74 bits per heavy atom. The molecule has 1 unspecified atom stereocenters. The number of pyridine rings is 1. The molecule has 0 saturated heterocycles. The molecule has 1 aromatic carbocycles. The summed E-state index contributed by atoms with van der Waals surface area (Å²) in [6.07, 6.45) is 0.816. The van der Waals surface area contributed by atoms with Gasteiger partial charge in [-0.05, 0) is 23.8 Å². The highest BCUT2D eigenvalue weighted by Crippen LogP contribution is 2.22. The van der Waals surface area contributed by atoms with Crippen LogP contribution in [0, 0.1) is 0 Å². The molecule has 0 aliphatic heterocycles. The van der Waals surface area contributed by atoms with Crippen LogP contribution >= 0.6 is 0 Å². The van der Waals surface area contributed by atoms with Crippen LogP contribution in [0.1, 0.15) is 34.8 Å². The molecular weight excluding hydrogens is 352 g/mol. The van der Waals surface area contributed by atoms with Crippen LogP contribution in [-0.2, 0) is 9.59 Å². The van der Waals surface area contributed by atoms with Gasteiger partial charge in [-0.15, -0.1) is 0 Å². The third-order valence-electron chi connectivity index (χ3n) is 3.81. The number of nitrogens with zero attached hydrogens (tertiary/aromatic N) is 1. The summed E-state index contributed by atoms with van der Waals surface area (Å²) in [5, 5.41) is 11.3. The average Bonchev–Trinajstić information content (AvgIpc) is 2.70. The smallest absolute Gasteiger partial charge is 0.303 e. The van der Waals surface area contributed by atoms with Gasteiger partial charge in [0.1, 0.15) is 11.8 Å². The summed E-state index contributed by atoms with van der Waals surface area (Å²) in [7, 11) is 2.99. The number of methoxy groups -OCH3 is 2. The van der Waals surface area contributed by atoms with Gasteiger partial charge in [-0.25, -0.2) is 4.98 Å². The Bertz CT molecular complexity index is 802. The number of benzene rings is 1. The lowest BCUT2D eigenvalue weighted by Crippen LogP contribution is -2.34. The van der Waals surface area contributed by atoms with Crippen LogP contribution in [-0.4, -0.2) is 42.0 Å². The monoisotopic (exact) mass is 372 g/mol. The van der Waals surface area contributed by atoms with Crippen LogP contribution in [0.2, 0.25) is 0 Å². The molecule has 8 nitrogen and oxygen atoms in total. The molecule has 2 N–H and O–H groups in total. The molecule has 0 radical (unpaired) electrons. The minimum Gasteiger partial charge on any atom is -0.497 e. The Kier molecular flexibility index (Phi) is 6.87. The molecule has 8 heteroatoms. The van der Waals surface area contributed by atoms with Crippen molar-refractivity contribution in [3.63, 3.8) is 0 Å². The predicted molar refractivity (Wildman–Crippen MR) is 95.9 cm³/mol. The molecule has 1 atom stereocenters. The molecule has 2 aromatic rings. The topological polar surface area (TPSA) is 115 Å². The van der Waals surface area contributed by atoms with Crippen molar-refractivity contribution in [2.75, 3.05) is 14.2 Å². The van der Waals surface area contributed by atoms with Crippen LogP contribution in [0.25, 0.3) is 0 Å². The number of ketones is 1. The summed E-state index contributed by atoms with van der Waals surface area (Å²) in [4.78, 5) is 39.7. The quantitative estimate of drug-likeness (QED) is 0.647. The summed E-state index contributed by atoms with van der Waals surface area (Å²) >= 11 is 0. The van der Waals surface area contributed by atoms with Crippen molar-refractivity contribution in [3.05, 3.63) is 53.7 Å². The summed E-state index contributed by atoms with van der Waals surface area (Å²) in [6, 6.07) is 8.79. The SMILES string of the molecule is COc1ccc(C(NC(=O)CCC(=O)O)C(=O)c2ccc(OC)nc2)cc1. The van der Waals surface area contributed by atoms with Crippen LogP contribution in [0.15, 0.2) is 42.6 Å². The van der Waals surface area contributed by atoms with E-state index in [4.69, 9.17) is 14.6 Å². The van der Waals surface area contributed by atoms with Crippen molar-refractivity contribution in [1.29, 1.82) is 0 Å². The number of hydrogen-bond donors (Lipinski definition) is 2. The number of carboxylic acids is 1. The average molecular weight is 372 g/mol. The number of carboxylic acid groups (broad SMARTS) is 1. The van der Waals surface area contributed by atoms with Gasteiger partial charge in [0.2, 0.25) is 11.8 Å². The van der Waals surface area contributed by atoms with Gasteiger partial charge in [-0.2, -0.15) is 0 Å². The van der Waals surface area contributed by atoms with Crippen molar-refractivity contribution in [2.24, 2.45) is 0 Å². The maximum atomic E-state index is 12.9. The summed E-state index contributed by atoms with van der Waals surface area (Å²) in [6.45, 7) is 0. The summed E-state index contributed by atoms with van der Waals surface area (Å²) in [5.41, 5.74) is 0.829. The number of carbonyl (C=O) groups is 3. The molecule has 0 aliphatic carbocycles. The first-order valence-electron chi connectivity index (χ1n) is 8.14. The molecule has 0 aliphatic rings. The number of carbonyl (C=O) groups excluding carboxylic acids is 2. The fourth-order valence-electron chi connectivity index (χ4n) is 2.36. The first kappa shape index (κ1) is 19.9. The molecule has 2 rings (SSSR count). The van der Waals surface area contributed by atoms with Gasteiger partial charge in [0, 0.05) is 24.2 Å². The number of nitrogens with one attached hydrogen (secondary N) is 1. The highest BCUT2D eigenvalue weighted by atomic mass is 16.5. The highest BCUT2D eigenvalue weighted by molar-refractivity contribution is 6.02. The Morgan fingerprint density at radius 3 is 2.26 bits per heavy atom. The van der Waals surface area contributed by atoms with Crippen LogP contribution in [0.5, 0.6) is 11.6 Å². The molecule has 0 bridgehead atoms. The lowest BCUT2D eigenvalue weighted by molar-refractivity contribution is -0.138. The Labute approximate surface area is 156 Å². The zero-order valence-corrected chi connectivity index (χ0v) is 15.0. The van der Waals surface area contributed by atoms with Crippen molar-refractivity contribution >= 4 is 17.7 Å². The van der Waals surface area contributed by atoms with E-state index in [0.29, 0.717) is 17.2 Å². The number of aromatic nitrogens is 1. The fourth-order valence-corrected chi connectivity index (χ4v) is 2.36. The minimum atomic E-state index is -1.09. The van der Waals surface area contributed by atoms with E-state index in [0.717, 1.165) is 0 Å². The van der Waals surface area contributed by atoms with Crippen molar-refractivity contribution < 1.29 is 29.0 Å². The van der Waals surface area contributed by atoms with E-state index in [-0.39, 0.29) is 24.2 Å². The second-order valence-electron chi connectivity index (χ2n) is 5.62. The lowest BCUT2D eigenvalue weighted by Gasteiger charge is -2.18. The number of Topliss-reactive ketones (excluding diaryl/α,β-unsaturated/α-hetero) is 1. The predicted octanol–water partition coefficient (Wildman–Crippen LogP) is 2.00. The number of rotatable bonds is 9. The second-order valence-corrected chi connectivity index (χ2v) is 5.62. The summed E-state index contributed by atoms with van der Waals surface area (Å²) in [5.74, 6) is -1.03. The van der Waals surface area contributed by atoms with Crippen LogP contribution < -0.4 is 14.8 Å². The highest BCUT2D eigenvalue weighted by Gasteiger charge is 2.24. The molecule has 0 spiro atoms. The largest absolute Gasteiger partial charge is 0.497 e. The molecule has 142 valence electrons. The van der Waals surface area contributed by atoms with Gasteiger partial charge in [0.15, 0.2) is 5.78 Å². The zero-order valence-electron chi connectivity index (χ0n) is 15.0. The van der Waals surface area contributed by atoms with E-state index in [9.17, 15) is 14.4 Å². The molecule has 1 amide bonds. The standard InChI is InChI=1S/C19H20N2O6/c1-26-14-6-3-12(4-7-14)18(21-15(22)8-10-17(23)24)19(25)13-5-9-16(27-2)20-11-13/h3-7,9,11,18H,8,10H2,1-2H3,(H,21,22)(H,23,24). The van der Waals surface area contributed by atoms with Crippen LogP contribution in [0.4, 0.5) is 0 Å². The maximum Gasteiger partial charge on any atom is 0.303 e. The molecule has 1 heterocycles. The number of ether oxygens (including phenoxy) is 2. The van der Waals surface area contributed by atoms with E-state index in [1.165, 1.54) is 20.4 Å². The lowest BCUT2D eigenvalue weighted by atomic mass is 9.98. The van der Waals surface area contributed by atoms with Crippen molar-refractivity contribution in [2.45, 2.75) is 18.9 Å². The molecule has 27 heavy (non-hydrogen) atoms. The van der Waals surface area contributed by atoms with E-state index < -0.39 is 17.9 Å². The minimum absolute atomic E-state index is 0.226. The second kappa shape index (κ2) is 9.33. The van der Waals surface area contributed by atoms with Gasteiger partial charge in [-0.1, -0.05) is 12.1 Å². The first-order chi connectivity index (χ1) is 12.9. The number of hydrogen-bond acceptors (Lipinski definition) is 6. The Balaban J connectivity index is 2.27. The van der Waals surface area contributed by atoms with Gasteiger partial charge < -0.3 is 19.9 Å². The molecule has 1 aromatic heterocycles. The fraction of sp³-hybridized carbons (Fsp3) is 0.263. The maximum absolute atomic E-state index is 12.9. The van der Waals surface area contributed by atoms with Gasteiger partial charge in [-0.3, -0.25) is 14.4 Å².